The Labute approximate surface area is 146 Å². The smallest absolute Gasteiger partial charge is 0.253 e. The second kappa shape index (κ2) is 7.02. The number of nitrogens with zero attached hydrogens (tertiary/aromatic N) is 3. The Hall–Kier alpha value is -3.39. The van der Waals surface area contributed by atoms with Crippen LogP contribution in [0.5, 0.6) is 0 Å². The molecule has 1 heterocycles. The van der Waals surface area contributed by atoms with E-state index in [1.165, 1.54) is 0 Å². The second-order valence-corrected chi connectivity index (χ2v) is 5.93. The van der Waals surface area contributed by atoms with Crippen LogP contribution in [0.4, 0.5) is 5.69 Å². The van der Waals surface area contributed by atoms with Crippen molar-refractivity contribution in [3.8, 4) is 6.07 Å². The molecule has 0 spiro atoms. The van der Waals surface area contributed by atoms with Crippen LogP contribution in [0.1, 0.15) is 21.5 Å². The van der Waals surface area contributed by atoms with Crippen LogP contribution in [0.25, 0.3) is 10.9 Å². The van der Waals surface area contributed by atoms with Crippen molar-refractivity contribution in [2.24, 2.45) is 0 Å². The number of nitriles is 1. The third-order valence-corrected chi connectivity index (χ3v) is 3.97. The van der Waals surface area contributed by atoms with Gasteiger partial charge in [-0.3, -0.25) is 9.78 Å². The predicted molar refractivity (Wildman–Crippen MR) is 98.2 cm³/mol. The molecule has 0 aliphatic carbocycles. The normalized spacial score (nSPS) is 10.3. The van der Waals surface area contributed by atoms with Gasteiger partial charge in [0.25, 0.3) is 5.91 Å². The molecule has 0 radical (unpaired) electrons. The van der Waals surface area contributed by atoms with Gasteiger partial charge in [0, 0.05) is 37.8 Å². The van der Waals surface area contributed by atoms with E-state index in [1.807, 2.05) is 48.5 Å². The maximum absolute atomic E-state index is 11.9. The van der Waals surface area contributed by atoms with Crippen LogP contribution >= 0.6 is 0 Å². The molecule has 0 saturated heterocycles. The molecule has 1 N–H and O–H groups in total. The number of rotatable bonds is 4. The molecule has 0 bridgehead atoms. The summed E-state index contributed by atoms with van der Waals surface area (Å²) < 4.78 is 0. The van der Waals surface area contributed by atoms with Gasteiger partial charge < -0.3 is 10.2 Å². The SMILES string of the molecule is CN(C)C(=O)c1ccc(CNc2c(C#N)cnc3ccccc23)cc1. The highest BCUT2D eigenvalue weighted by molar-refractivity contribution is 5.94. The maximum Gasteiger partial charge on any atom is 0.253 e. The molecule has 3 rings (SSSR count). The van der Waals surface area contributed by atoms with Crippen molar-refractivity contribution in [2.75, 3.05) is 19.4 Å². The van der Waals surface area contributed by atoms with Gasteiger partial charge in [-0.05, 0) is 23.8 Å². The zero-order valence-corrected chi connectivity index (χ0v) is 14.2. The zero-order chi connectivity index (χ0) is 17.8. The Morgan fingerprint density at radius 3 is 2.56 bits per heavy atom. The lowest BCUT2D eigenvalue weighted by atomic mass is 10.1. The van der Waals surface area contributed by atoms with Crippen molar-refractivity contribution in [3.63, 3.8) is 0 Å². The maximum atomic E-state index is 11.9. The van der Waals surface area contributed by atoms with E-state index >= 15 is 0 Å². The lowest BCUT2D eigenvalue weighted by Crippen LogP contribution is -2.21. The van der Waals surface area contributed by atoms with Gasteiger partial charge in [-0.25, -0.2) is 0 Å². The number of hydrogen-bond donors (Lipinski definition) is 1. The Bertz CT molecular complexity index is 956. The van der Waals surface area contributed by atoms with Crippen LogP contribution < -0.4 is 5.32 Å². The predicted octanol–water partition coefficient (Wildman–Crippen LogP) is 3.42. The van der Waals surface area contributed by atoms with Gasteiger partial charge in [-0.1, -0.05) is 30.3 Å². The molecule has 2 aromatic carbocycles. The number of benzene rings is 2. The van der Waals surface area contributed by atoms with Crippen molar-refractivity contribution >= 4 is 22.5 Å². The molecular weight excluding hydrogens is 312 g/mol. The Balaban J connectivity index is 1.83. The van der Waals surface area contributed by atoms with E-state index in [0.717, 1.165) is 22.2 Å². The third-order valence-electron chi connectivity index (χ3n) is 3.97. The number of nitrogens with one attached hydrogen (secondary N) is 1. The van der Waals surface area contributed by atoms with Crippen LogP contribution in [-0.4, -0.2) is 29.9 Å². The molecule has 5 heteroatoms. The van der Waals surface area contributed by atoms with E-state index in [1.54, 1.807) is 25.2 Å². The molecule has 1 aromatic heterocycles. The van der Waals surface area contributed by atoms with Crippen molar-refractivity contribution in [2.45, 2.75) is 6.54 Å². The molecular formula is C20H18N4O. The summed E-state index contributed by atoms with van der Waals surface area (Å²) in [5.41, 5.74) is 3.82. The minimum atomic E-state index is -0.0218. The first-order valence-corrected chi connectivity index (χ1v) is 7.92. The van der Waals surface area contributed by atoms with Crippen molar-refractivity contribution in [3.05, 3.63) is 71.4 Å². The molecule has 0 saturated carbocycles. The summed E-state index contributed by atoms with van der Waals surface area (Å²) in [6.07, 6.45) is 1.59. The number of carbonyl (C=O) groups excluding carboxylic acids is 1. The Morgan fingerprint density at radius 2 is 1.88 bits per heavy atom. The Kier molecular flexibility index (Phi) is 4.62. The lowest BCUT2D eigenvalue weighted by molar-refractivity contribution is 0.0827. The number of hydrogen-bond acceptors (Lipinski definition) is 4. The standard InChI is InChI=1S/C20H18N4O/c1-24(2)20(25)15-9-7-14(8-10-15)12-23-19-16(11-21)13-22-18-6-4-3-5-17(18)19/h3-10,13H,12H2,1-2H3,(H,22,23). The number of amides is 1. The largest absolute Gasteiger partial charge is 0.379 e. The van der Waals surface area contributed by atoms with Gasteiger partial charge in [-0.2, -0.15) is 5.26 Å². The highest BCUT2D eigenvalue weighted by atomic mass is 16.2. The number of aromatic nitrogens is 1. The number of anilines is 1. The monoisotopic (exact) mass is 330 g/mol. The number of pyridine rings is 1. The molecule has 0 aliphatic rings. The van der Waals surface area contributed by atoms with Crippen LogP contribution in [0.2, 0.25) is 0 Å². The topological polar surface area (TPSA) is 69.0 Å². The fraction of sp³-hybridized carbons (Fsp3) is 0.150. The van der Waals surface area contributed by atoms with E-state index in [4.69, 9.17) is 0 Å². The van der Waals surface area contributed by atoms with Gasteiger partial charge in [0.2, 0.25) is 0 Å². The van der Waals surface area contributed by atoms with Gasteiger partial charge in [0.1, 0.15) is 6.07 Å². The Morgan fingerprint density at radius 1 is 1.16 bits per heavy atom. The van der Waals surface area contributed by atoms with Crippen LogP contribution in [0.15, 0.2) is 54.7 Å². The van der Waals surface area contributed by atoms with E-state index < -0.39 is 0 Å². The number of carbonyl (C=O) groups is 1. The number of fused-ring (bicyclic) bond motifs is 1. The minimum absolute atomic E-state index is 0.0218. The molecule has 124 valence electrons. The van der Waals surface area contributed by atoms with Crippen molar-refractivity contribution < 1.29 is 4.79 Å². The van der Waals surface area contributed by atoms with Crippen LogP contribution in [-0.2, 0) is 6.54 Å². The molecule has 3 aromatic rings. The summed E-state index contributed by atoms with van der Waals surface area (Å²) in [7, 11) is 3.46. The van der Waals surface area contributed by atoms with Gasteiger partial charge in [0.15, 0.2) is 0 Å². The van der Waals surface area contributed by atoms with Crippen molar-refractivity contribution in [1.82, 2.24) is 9.88 Å². The molecule has 0 atom stereocenters. The molecule has 25 heavy (non-hydrogen) atoms. The molecule has 5 nitrogen and oxygen atoms in total. The fourth-order valence-corrected chi connectivity index (χ4v) is 2.63. The van der Waals surface area contributed by atoms with Crippen molar-refractivity contribution in [1.29, 1.82) is 5.26 Å². The second-order valence-electron chi connectivity index (χ2n) is 5.93. The van der Waals surface area contributed by atoms with Gasteiger partial charge in [0.05, 0.1) is 16.8 Å². The fourth-order valence-electron chi connectivity index (χ4n) is 2.63. The summed E-state index contributed by atoms with van der Waals surface area (Å²) in [6.45, 7) is 0.555. The van der Waals surface area contributed by atoms with E-state index in [2.05, 4.69) is 16.4 Å². The zero-order valence-electron chi connectivity index (χ0n) is 14.2. The molecule has 0 unspecified atom stereocenters. The van der Waals surface area contributed by atoms with E-state index in [9.17, 15) is 10.1 Å². The first-order chi connectivity index (χ1) is 12.1. The first-order valence-electron chi connectivity index (χ1n) is 7.92. The summed E-state index contributed by atoms with van der Waals surface area (Å²) in [4.78, 5) is 17.8. The number of para-hydroxylation sites is 1. The average molecular weight is 330 g/mol. The van der Waals surface area contributed by atoms with Crippen LogP contribution in [0.3, 0.4) is 0 Å². The van der Waals surface area contributed by atoms with Gasteiger partial charge in [-0.15, -0.1) is 0 Å². The van der Waals surface area contributed by atoms with E-state index in [0.29, 0.717) is 17.7 Å². The first kappa shape index (κ1) is 16.5. The third kappa shape index (κ3) is 3.43. The summed E-state index contributed by atoms with van der Waals surface area (Å²) >= 11 is 0. The van der Waals surface area contributed by atoms with Crippen LogP contribution in [0, 0.1) is 11.3 Å². The molecule has 0 fully saturated rings. The van der Waals surface area contributed by atoms with E-state index in [-0.39, 0.29) is 5.91 Å². The van der Waals surface area contributed by atoms with Gasteiger partial charge >= 0.3 is 0 Å². The molecule has 1 amide bonds. The summed E-state index contributed by atoms with van der Waals surface area (Å²) in [5.74, 6) is -0.0218. The average Bonchev–Trinajstić information content (AvgIpc) is 2.65. The summed E-state index contributed by atoms with van der Waals surface area (Å²) in [6, 6.07) is 17.4. The summed E-state index contributed by atoms with van der Waals surface area (Å²) in [5, 5.41) is 13.6. The lowest BCUT2D eigenvalue weighted by Gasteiger charge is -2.13. The highest BCUT2D eigenvalue weighted by Crippen LogP contribution is 2.25. The minimum Gasteiger partial charge on any atom is -0.379 e. The molecule has 0 aliphatic heterocycles. The quantitative estimate of drug-likeness (QED) is 0.796. The highest BCUT2D eigenvalue weighted by Gasteiger charge is 2.09.